The van der Waals surface area contributed by atoms with E-state index in [1.165, 1.54) is 22.4 Å². The molecule has 0 bridgehead atoms. The largest absolute Gasteiger partial charge is 0.487 e. The van der Waals surface area contributed by atoms with Crippen LogP contribution in [-0.2, 0) is 17.8 Å². The Labute approximate surface area is 253 Å². The standard InChI is InChI=1S/C32H33ClFN5O2S/c1-40-16-15-39-13-11-38(12-14-39)10-9-22-5-7-26-29(18-22)42-32-30(26)31(35-21-36-32)37-25-6-8-28(27(33)19-25)41-20-23-3-2-4-24(34)17-23/h2-8,17-19,21H,9-16,20H2,1H3,(H,35,36,37). The molecule has 1 saturated heterocycles. The van der Waals surface area contributed by atoms with Crippen molar-refractivity contribution in [3.8, 4) is 5.75 Å². The second-order valence-electron chi connectivity index (χ2n) is 10.4. The molecule has 7 nitrogen and oxygen atoms in total. The maximum absolute atomic E-state index is 13.5. The summed E-state index contributed by atoms with van der Waals surface area (Å²) in [5.41, 5.74) is 2.86. The number of rotatable bonds is 11. The Morgan fingerprint density at radius 2 is 1.79 bits per heavy atom. The molecule has 0 amide bonds. The average Bonchev–Trinajstić information content (AvgIpc) is 3.38. The minimum atomic E-state index is -0.293. The van der Waals surface area contributed by atoms with Gasteiger partial charge in [-0.25, -0.2) is 14.4 Å². The predicted molar refractivity (Wildman–Crippen MR) is 169 cm³/mol. The van der Waals surface area contributed by atoms with E-state index in [0.29, 0.717) is 10.8 Å². The van der Waals surface area contributed by atoms with Crippen molar-refractivity contribution in [2.24, 2.45) is 0 Å². The molecule has 1 fully saturated rings. The van der Waals surface area contributed by atoms with E-state index in [1.54, 1.807) is 43.0 Å². The first-order valence-electron chi connectivity index (χ1n) is 14.1. The summed E-state index contributed by atoms with van der Waals surface area (Å²) in [6.07, 6.45) is 2.61. The topological polar surface area (TPSA) is 62.8 Å². The van der Waals surface area contributed by atoms with Crippen LogP contribution in [0.1, 0.15) is 11.1 Å². The van der Waals surface area contributed by atoms with Crippen LogP contribution in [0.3, 0.4) is 0 Å². The quantitative estimate of drug-likeness (QED) is 0.178. The van der Waals surface area contributed by atoms with Crippen molar-refractivity contribution in [3.05, 3.63) is 89.0 Å². The van der Waals surface area contributed by atoms with Gasteiger partial charge in [-0.2, -0.15) is 0 Å². The first-order valence-corrected chi connectivity index (χ1v) is 15.3. The molecule has 0 atom stereocenters. The molecule has 218 valence electrons. The van der Waals surface area contributed by atoms with Gasteiger partial charge in [-0.15, -0.1) is 11.3 Å². The number of ether oxygens (including phenoxy) is 2. The summed E-state index contributed by atoms with van der Waals surface area (Å²) in [4.78, 5) is 15.1. The molecule has 1 aliphatic heterocycles. The van der Waals surface area contributed by atoms with Crippen molar-refractivity contribution in [2.45, 2.75) is 13.0 Å². The van der Waals surface area contributed by atoms with Gasteiger partial charge in [0, 0.05) is 62.2 Å². The van der Waals surface area contributed by atoms with Gasteiger partial charge in [-0.3, -0.25) is 4.90 Å². The lowest BCUT2D eigenvalue weighted by atomic mass is 10.1. The summed E-state index contributed by atoms with van der Waals surface area (Å²) in [6.45, 7) is 7.50. The minimum Gasteiger partial charge on any atom is -0.487 e. The second-order valence-corrected chi connectivity index (χ2v) is 11.9. The van der Waals surface area contributed by atoms with E-state index < -0.39 is 0 Å². The number of nitrogens with one attached hydrogen (secondary N) is 1. The predicted octanol–water partition coefficient (Wildman–Crippen LogP) is 6.77. The molecular formula is C32H33ClFN5O2S. The Balaban J connectivity index is 1.12. The molecular weight excluding hydrogens is 573 g/mol. The molecule has 42 heavy (non-hydrogen) atoms. The highest BCUT2D eigenvalue weighted by atomic mass is 35.5. The number of halogens is 2. The zero-order valence-electron chi connectivity index (χ0n) is 23.5. The van der Waals surface area contributed by atoms with Crippen LogP contribution in [0.5, 0.6) is 5.75 Å². The van der Waals surface area contributed by atoms with Gasteiger partial charge in [0.05, 0.1) is 17.0 Å². The number of methoxy groups -OCH3 is 1. The van der Waals surface area contributed by atoms with Crippen LogP contribution in [0.15, 0.2) is 67.0 Å². The van der Waals surface area contributed by atoms with Crippen LogP contribution < -0.4 is 10.1 Å². The Morgan fingerprint density at radius 1 is 0.952 bits per heavy atom. The van der Waals surface area contributed by atoms with Crippen molar-refractivity contribution in [1.29, 1.82) is 0 Å². The zero-order chi connectivity index (χ0) is 28.9. The van der Waals surface area contributed by atoms with E-state index in [4.69, 9.17) is 21.1 Å². The van der Waals surface area contributed by atoms with Gasteiger partial charge in [0.2, 0.25) is 0 Å². The van der Waals surface area contributed by atoms with E-state index in [9.17, 15) is 4.39 Å². The fourth-order valence-corrected chi connectivity index (χ4v) is 6.61. The Morgan fingerprint density at radius 3 is 2.57 bits per heavy atom. The van der Waals surface area contributed by atoms with Crippen molar-refractivity contribution >= 4 is 54.7 Å². The van der Waals surface area contributed by atoms with E-state index >= 15 is 0 Å². The number of hydrogen-bond acceptors (Lipinski definition) is 8. The highest BCUT2D eigenvalue weighted by Crippen LogP contribution is 2.38. The number of hydrogen-bond donors (Lipinski definition) is 1. The second kappa shape index (κ2) is 13.3. The molecule has 0 aliphatic carbocycles. The highest BCUT2D eigenvalue weighted by molar-refractivity contribution is 7.25. The van der Waals surface area contributed by atoms with Crippen molar-refractivity contribution in [1.82, 2.24) is 19.8 Å². The van der Waals surface area contributed by atoms with Crippen LogP contribution in [0.2, 0.25) is 5.02 Å². The third kappa shape index (κ3) is 6.82. The van der Waals surface area contributed by atoms with Gasteiger partial charge in [-0.05, 0) is 53.9 Å². The summed E-state index contributed by atoms with van der Waals surface area (Å²) < 4.78 is 25.7. The lowest BCUT2D eigenvalue weighted by Gasteiger charge is -2.34. The van der Waals surface area contributed by atoms with Crippen LogP contribution >= 0.6 is 22.9 Å². The summed E-state index contributed by atoms with van der Waals surface area (Å²) >= 11 is 8.22. The highest BCUT2D eigenvalue weighted by Gasteiger charge is 2.17. The van der Waals surface area contributed by atoms with Gasteiger partial charge >= 0.3 is 0 Å². The van der Waals surface area contributed by atoms with E-state index in [2.05, 4.69) is 43.3 Å². The van der Waals surface area contributed by atoms with Crippen molar-refractivity contribution < 1.29 is 13.9 Å². The van der Waals surface area contributed by atoms with Crippen LogP contribution in [0.25, 0.3) is 20.3 Å². The first kappa shape index (κ1) is 28.8. The van der Waals surface area contributed by atoms with Gasteiger partial charge in [0.15, 0.2) is 0 Å². The molecule has 0 radical (unpaired) electrons. The molecule has 1 aliphatic rings. The molecule has 0 saturated carbocycles. The monoisotopic (exact) mass is 605 g/mol. The molecule has 0 unspecified atom stereocenters. The molecule has 10 heteroatoms. The van der Waals surface area contributed by atoms with Gasteiger partial charge in [-0.1, -0.05) is 35.9 Å². The number of piperazine rings is 1. The summed E-state index contributed by atoms with van der Waals surface area (Å²) in [5.74, 6) is 0.967. The van der Waals surface area contributed by atoms with Gasteiger partial charge in [0.1, 0.15) is 35.1 Å². The van der Waals surface area contributed by atoms with Gasteiger partial charge < -0.3 is 19.7 Å². The number of anilines is 2. The SMILES string of the molecule is COCCN1CCN(CCc2ccc3c(c2)sc2ncnc(Nc4ccc(OCc5cccc(F)c5)c(Cl)c4)c23)CC1. The molecule has 5 aromatic rings. The molecule has 1 N–H and O–H groups in total. The molecule has 3 heterocycles. The van der Waals surface area contributed by atoms with Crippen LogP contribution in [0.4, 0.5) is 15.9 Å². The first-order chi connectivity index (χ1) is 20.6. The van der Waals surface area contributed by atoms with Gasteiger partial charge in [0.25, 0.3) is 0 Å². The Kier molecular flexibility index (Phi) is 9.12. The van der Waals surface area contributed by atoms with Crippen LogP contribution in [-0.4, -0.2) is 72.8 Å². The summed E-state index contributed by atoms with van der Waals surface area (Å²) in [5, 5.41) is 6.01. The fourth-order valence-electron chi connectivity index (χ4n) is 5.27. The molecule has 3 aromatic carbocycles. The summed E-state index contributed by atoms with van der Waals surface area (Å²) in [6, 6.07) is 18.5. The lowest BCUT2D eigenvalue weighted by Crippen LogP contribution is -2.47. The van der Waals surface area contributed by atoms with E-state index in [1.807, 2.05) is 12.1 Å². The Bertz CT molecular complexity index is 1670. The normalized spacial score (nSPS) is 14.5. The molecule has 6 rings (SSSR count). The number of nitrogens with zero attached hydrogens (tertiary/aromatic N) is 4. The summed E-state index contributed by atoms with van der Waals surface area (Å²) in [7, 11) is 1.76. The van der Waals surface area contributed by atoms with Crippen molar-refractivity contribution in [2.75, 3.05) is 58.3 Å². The number of aromatic nitrogens is 2. The number of benzene rings is 3. The lowest BCUT2D eigenvalue weighted by molar-refractivity contribution is 0.0976. The third-order valence-electron chi connectivity index (χ3n) is 7.61. The maximum Gasteiger partial charge on any atom is 0.143 e. The molecule has 2 aromatic heterocycles. The van der Waals surface area contributed by atoms with Crippen molar-refractivity contribution in [3.63, 3.8) is 0 Å². The van der Waals surface area contributed by atoms with Crippen LogP contribution in [0, 0.1) is 5.82 Å². The number of fused-ring (bicyclic) bond motifs is 3. The van der Waals surface area contributed by atoms with E-state index in [-0.39, 0.29) is 12.4 Å². The Hall–Kier alpha value is -3.34. The third-order valence-corrected chi connectivity index (χ3v) is 8.96. The minimum absolute atomic E-state index is 0.227. The smallest absolute Gasteiger partial charge is 0.143 e. The average molecular weight is 606 g/mol. The zero-order valence-corrected chi connectivity index (χ0v) is 25.1. The fraction of sp³-hybridized carbons (Fsp3) is 0.312. The maximum atomic E-state index is 13.5. The molecule has 0 spiro atoms. The van der Waals surface area contributed by atoms with E-state index in [0.717, 1.165) is 85.0 Å². The number of thiophene rings is 1.